The maximum absolute atomic E-state index is 5.43. The van der Waals surface area contributed by atoms with E-state index in [9.17, 15) is 0 Å². The normalized spacial score (nSPS) is 19.1. The molecule has 0 radical (unpaired) electrons. The minimum absolute atomic E-state index is 1.04. The molecule has 15 heavy (non-hydrogen) atoms. The molecule has 0 bridgehead atoms. The Morgan fingerprint density at radius 2 is 2.20 bits per heavy atom. The van der Waals surface area contributed by atoms with Gasteiger partial charge in [0, 0.05) is 25.2 Å². The van der Waals surface area contributed by atoms with Crippen molar-refractivity contribution in [2.75, 3.05) is 26.2 Å². The van der Waals surface area contributed by atoms with Gasteiger partial charge >= 0.3 is 0 Å². The van der Waals surface area contributed by atoms with Crippen LogP contribution in [0, 0.1) is 13.8 Å². The van der Waals surface area contributed by atoms with Crippen molar-refractivity contribution in [3.8, 4) is 0 Å². The third-order valence-electron chi connectivity index (χ3n) is 3.13. The van der Waals surface area contributed by atoms with Gasteiger partial charge in [0.1, 0.15) is 5.76 Å². The number of furan rings is 1. The van der Waals surface area contributed by atoms with Crippen molar-refractivity contribution < 1.29 is 4.42 Å². The van der Waals surface area contributed by atoms with E-state index in [1.807, 2.05) is 6.26 Å². The molecule has 1 fully saturated rings. The van der Waals surface area contributed by atoms with Gasteiger partial charge in [0.05, 0.1) is 6.26 Å². The van der Waals surface area contributed by atoms with E-state index in [1.165, 1.54) is 24.1 Å². The van der Waals surface area contributed by atoms with Crippen LogP contribution in [0.5, 0.6) is 0 Å². The minimum Gasteiger partial charge on any atom is -0.469 e. The van der Waals surface area contributed by atoms with Gasteiger partial charge < -0.3 is 9.73 Å². The third-order valence-corrected chi connectivity index (χ3v) is 3.13. The summed E-state index contributed by atoms with van der Waals surface area (Å²) in [5.74, 6) is 1.07. The van der Waals surface area contributed by atoms with Gasteiger partial charge in [-0.1, -0.05) is 0 Å². The second-order valence-electron chi connectivity index (χ2n) is 4.33. The van der Waals surface area contributed by atoms with Crippen LogP contribution >= 0.6 is 0 Å². The van der Waals surface area contributed by atoms with Crippen LogP contribution in [0.2, 0.25) is 0 Å². The molecule has 1 aliphatic heterocycles. The van der Waals surface area contributed by atoms with E-state index in [0.717, 1.165) is 31.9 Å². The van der Waals surface area contributed by atoms with Gasteiger partial charge in [0.15, 0.2) is 0 Å². The van der Waals surface area contributed by atoms with Gasteiger partial charge in [-0.05, 0) is 38.9 Å². The Labute approximate surface area is 91.4 Å². The molecule has 0 aromatic carbocycles. The van der Waals surface area contributed by atoms with Crippen LogP contribution in [-0.4, -0.2) is 31.1 Å². The van der Waals surface area contributed by atoms with Crippen LogP contribution in [0.4, 0.5) is 0 Å². The largest absolute Gasteiger partial charge is 0.469 e. The Bertz CT molecular complexity index is 292. The smallest absolute Gasteiger partial charge is 0.105 e. The number of hydrogen-bond acceptors (Lipinski definition) is 3. The van der Waals surface area contributed by atoms with E-state index in [-0.39, 0.29) is 0 Å². The summed E-state index contributed by atoms with van der Waals surface area (Å²) in [6.07, 6.45) is 3.11. The molecule has 1 aliphatic rings. The molecule has 0 amide bonds. The van der Waals surface area contributed by atoms with E-state index in [2.05, 4.69) is 24.1 Å². The molecule has 2 heterocycles. The third kappa shape index (κ3) is 2.61. The summed E-state index contributed by atoms with van der Waals surface area (Å²) in [5, 5.41) is 3.42. The first-order valence-electron chi connectivity index (χ1n) is 5.74. The van der Waals surface area contributed by atoms with Crippen molar-refractivity contribution in [2.45, 2.75) is 26.8 Å². The zero-order valence-electron chi connectivity index (χ0n) is 9.68. The first kappa shape index (κ1) is 10.7. The van der Waals surface area contributed by atoms with Crippen LogP contribution in [0.15, 0.2) is 10.7 Å². The zero-order valence-corrected chi connectivity index (χ0v) is 9.68. The molecule has 0 unspecified atom stereocenters. The summed E-state index contributed by atoms with van der Waals surface area (Å²) in [6.45, 7) is 9.81. The molecule has 1 saturated heterocycles. The fraction of sp³-hybridized carbons (Fsp3) is 0.667. The van der Waals surface area contributed by atoms with Gasteiger partial charge in [-0.15, -0.1) is 0 Å². The van der Waals surface area contributed by atoms with E-state index in [0.29, 0.717) is 0 Å². The number of aryl methyl sites for hydroxylation is 2. The second-order valence-corrected chi connectivity index (χ2v) is 4.33. The van der Waals surface area contributed by atoms with Crippen molar-refractivity contribution in [1.82, 2.24) is 10.2 Å². The lowest BCUT2D eigenvalue weighted by Gasteiger charge is -2.19. The van der Waals surface area contributed by atoms with Crippen LogP contribution in [-0.2, 0) is 6.54 Å². The maximum Gasteiger partial charge on any atom is 0.105 e. The zero-order chi connectivity index (χ0) is 10.7. The highest BCUT2D eigenvalue weighted by Crippen LogP contribution is 2.17. The highest BCUT2D eigenvalue weighted by atomic mass is 16.3. The Morgan fingerprint density at radius 1 is 1.33 bits per heavy atom. The Kier molecular flexibility index (Phi) is 3.44. The number of nitrogens with zero attached hydrogens (tertiary/aromatic N) is 1. The van der Waals surface area contributed by atoms with Crippen molar-refractivity contribution in [3.63, 3.8) is 0 Å². The van der Waals surface area contributed by atoms with E-state index in [1.54, 1.807) is 0 Å². The molecule has 0 spiro atoms. The van der Waals surface area contributed by atoms with Gasteiger partial charge in [0.2, 0.25) is 0 Å². The monoisotopic (exact) mass is 208 g/mol. The predicted octanol–water partition coefficient (Wildman–Crippen LogP) is 1.69. The van der Waals surface area contributed by atoms with Gasteiger partial charge in [-0.2, -0.15) is 0 Å². The fourth-order valence-corrected chi connectivity index (χ4v) is 2.12. The topological polar surface area (TPSA) is 28.4 Å². The summed E-state index contributed by atoms with van der Waals surface area (Å²) in [5.41, 5.74) is 2.65. The number of rotatable bonds is 2. The second kappa shape index (κ2) is 4.81. The van der Waals surface area contributed by atoms with E-state index < -0.39 is 0 Å². The Balaban J connectivity index is 2.00. The number of hydrogen-bond donors (Lipinski definition) is 1. The lowest BCUT2D eigenvalue weighted by molar-refractivity contribution is 0.282. The summed E-state index contributed by atoms with van der Waals surface area (Å²) < 4.78 is 5.43. The minimum atomic E-state index is 1.04. The molecule has 84 valence electrons. The highest BCUT2D eigenvalue weighted by Gasteiger charge is 2.13. The molecular formula is C12H20N2O. The molecule has 1 aromatic rings. The SMILES string of the molecule is Cc1coc(C)c1CN1CCCNCC1. The highest BCUT2D eigenvalue weighted by molar-refractivity contribution is 5.25. The first-order chi connectivity index (χ1) is 7.27. The summed E-state index contributed by atoms with van der Waals surface area (Å²) in [6, 6.07) is 0. The van der Waals surface area contributed by atoms with Crippen LogP contribution in [0.25, 0.3) is 0 Å². The summed E-state index contributed by atoms with van der Waals surface area (Å²) in [4.78, 5) is 2.50. The van der Waals surface area contributed by atoms with Gasteiger partial charge in [-0.25, -0.2) is 0 Å². The average Bonchev–Trinajstić information content (AvgIpc) is 2.49. The van der Waals surface area contributed by atoms with Crippen LogP contribution < -0.4 is 5.32 Å². The van der Waals surface area contributed by atoms with Crippen molar-refractivity contribution in [2.24, 2.45) is 0 Å². The van der Waals surface area contributed by atoms with Crippen LogP contribution in [0.3, 0.4) is 0 Å². The summed E-state index contributed by atoms with van der Waals surface area (Å²) >= 11 is 0. The van der Waals surface area contributed by atoms with Crippen molar-refractivity contribution in [3.05, 3.63) is 23.2 Å². The first-order valence-corrected chi connectivity index (χ1v) is 5.74. The molecule has 0 saturated carbocycles. The molecule has 1 aromatic heterocycles. The summed E-state index contributed by atoms with van der Waals surface area (Å²) in [7, 11) is 0. The lowest BCUT2D eigenvalue weighted by atomic mass is 10.1. The van der Waals surface area contributed by atoms with Crippen molar-refractivity contribution >= 4 is 0 Å². The van der Waals surface area contributed by atoms with Crippen molar-refractivity contribution in [1.29, 1.82) is 0 Å². The average molecular weight is 208 g/mol. The molecular weight excluding hydrogens is 188 g/mol. The molecule has 3 nitrogen and oxygen atoms in total. The Morgan fingerprint density at radius 3 is 2.93 bits per heavy atom. The van der Waals surface area contributed by atoms with Crippen LogP contribution in [0.1, 0.15) is 23.3 Å². The molecule has 1 N–H and O–H groups in total. The molecule has 0 aliphatic carbocycles. The molecule has 0 atom stereocenters. The van der Waals surface area contributed by atoms with Gasteiger partial charge in [0.25, 0.3) is 0 Å². The molecule has 3 heteroatoms. The fourth-order valence-electron chi connectivity index (χ4n) is 2.12. The standard InChI is InChI=1S/C12H20N2O/c1-10-9-15-11(2)12(10)8-14-6-3-4-13-5-7-14/h9,13H,3-8H2,1-2H3. The van der Waals surface area contributed by atoms with E-state index >= 15 is 0 Å². The Hall–Kier alpha value is -0.800. The van der Waals surface area contributed by atoms with E-state index in [4.69, 9.17) is 4.42 Å². The predicted molar refractivity (Wildman–Crippen MR) is 60.9 cm³/mol. The number of nitrogens with one attached hydrogen (secondary N) is 1. The maximum atomic E-state index is 5.43. The van der Waals surface area contributed by atoms with Gasteiger partial charge in [-0.3, -0.25) is 4.90 Å². The lowest BCUT2D eigenvalue weighted by Crippen LogP contribution is -2.27. The molecule has 2 rings (SSSR count). The quantitative estimate of drug-likeness (QED) is 0.801.